The first-order valence-corrected chi connectivity index (χ1v) is 14.2. The Labute approximate surface area is 202 Å². The zero-order chi connectivity index (χ0) is 22.8. The molecule has 0 bridgehead atoms. The Hall–Kier alpha value is -1.60. The maximum atomic E-state index is 12.1. The van der Waals surface area contributed by atoms with Crippen molar-refractivity contribution in [2.24, 2.45) is 11.8 Å². The highest BCUT2D eigenvalue weighted by Gasteiger charge is 2.35. The van der Waals surface area contributed by atoms with Gasteiger partial charge in [-0.25, -0.2) is 13.1 Å². The van der Waals surface area contributed by atoms with Crippen LogP contribution in [0.3, 0.4) is 0 Å². The fourth-order valence-electron chi connectivity index (χ4n) is 5.17. The van der Waals surface area contributed by atoms with Crippen LogP contribution in [0.25, 0.3) is 0 Å². The molecule has 1 saturated carbocycles. The molecule has 0 radical (unpaired) electrons. The molecule has 2 atom stereocenters. The zero-order valence-corrected chi connectivity index (χ0v) is 20.6. The van der Waals surface area contributed by atoms with E-state index in [1.807, 2.05) is 18.2 Å². The Balaban J connectivity index is 1.25. The van der Waals surface area contributed by atoms with E-state index in [1.54, 1.807) is 0 Å². The van der Waals surface area contributed by atoms with Crippen molar-refractivity contribution in [1.82, 2.24) is 9.62 Å². The largest absolute Gasteiger partial charge is 0.492 e. The predicted octanol–water partition coefficient (Wildman–Crippen LogP) is 4.25. The van der Waals surface area contributed by atoms with Crippen molar-refractivity contribution < 1.29 is 13.2 Å². The fraction of sp³-hybridized carbons (Fsp3) is 0.538. The minimum Gasteiger partial charge on any atom is -0.492 e. The molecule has 5 rings (SSSR count). The molecule has 1 N–H and O–H groups in total. The fourth-order valence-corrected chi connectivity index (χ4v) is 6.85. The second-order valence-electron chi connectivity index (χ2n) is 9.89. The van der Waals surface area contributed by atoms with Crippen LogP contribution >= 0.6 is 11.6 Å². The van der Waals surface area contributed by atoms with E-state index in [0.29, 0.717) is 30.9 Å². The van der Waals surface area contributed by atoms with Gasteiger partial charge >= 0.3 is 0 Å². The Kier molecular flexibility index (Phi) is 6.98. The average Bonchev–Trinajstić information content (AvgIpc) is 3.48. The molecule has 1 saturated heterocycles. The zero-order valence-electron chi connectivity index (χ0n) is 19.0. The lowest BCUT2D eigenvalue weighted by atomic mass is 9.86. The topological polar surface area (TPSA) is 58.6 Å². The number of hydrogen-bond acceptors (Lipinski definition) is 4. The molecule has 1 heterocycles. The van der Waals surface area contributed by atoms with Crippen LogP contribution in [0, 0.1) is 11.8 Å². The summed E-state index contributed by atoms with van der Waals surface area (Å²) < 4.78 is 32.7. The third-order valence-corrected chi connectivity index (χ3v) is 8.99. The molecule has 2 aromatic rings. The van der Waals surface area contributed by atoms with Gasteiger partial charge in [-0.3, -0.25) is 0 Å². The number of nitrogens with zero attached hydrogens (tertiary/aromatic N) is 1. The van der Waals surface area contributed by atoms with Gasteiger partial charge in [0.1, 0.15) is 12.4 Å². The SMILES string of the molecule is O=S(=O)(CC1CC1)NCCOc1ccc2c(c1)C(Cc1cccc(Cl)c1)C(CN1CCC1)C2. The molecule has 2 unspecified atom stereocenters. The third-order valence-electron chi connectivity index (χ3n) is 7.20. The number of ether oxygens (including phenoxy) is 1. The van der Waals surface area contributed by atoms with Gasteiger partial charge in [0.2, 0.25) is 10.0 Å². The normalized spacial score (nSPS) is 22.7. The molecule has 7 heteroatoms. The van der Waals surface area contributed by atoms with Crippen molar-refractivity contribution in [2.45, 2.75) is 38.0 Å². The van der Waals surface area contributed by atoms with Crippen LogP contribution in [0.2, 0.25) is 5.02 Å². The summed E-state index contributed by atoms with van der Waals surface area (Å²) in [6.07, 6.45) is 5.43. The van der Waals surface area contributed by atoms with Crippen molar-refractivity contribution in [2.75, 3.05) is 38.5 Å². The monoisotopic (exact) mass is 488 g/mol. The summed E-state index contributed by atoms with van der Waals surface area (Å²) in [5.41, 5.74) is 4.04. The number of benzene rings is 2. The Bertz CT molecular complexity index is 1080. The number of halogens is 1. The highest BCUT2D eigenvalue weighted by molar-refractivity contribution is 7.89. The van der Waals surface area contributed by atoms with Crippen molar-refractivity contribution in [3.8, 4) is 5.75 Å². The smallest absolute Gasteiger partial charge is 0.211 e. The minimum atomic E-state index is -3.19. The summed E-state index contributed by atoms with van der Waals surface area (Å²) in [5, 5.41) is 0.784. The highest BCUT2D eigenvalue weighted by Crippen LogP contribution is 2.42. The van der Waals surface area contributed by atoms with Gasteiger partial charge in [0.15, 0.2) is 0 Å². The van der Waals surface area contributed by atoms with Crippen LogP contribution in [-0.4, -0.2) is 51.9 Å². The number of rotatable bonds is 11. The van der Waals surface area contributed by atoms with Crippen molar-refractivity contribution >= 4 is 21.6 Å². The van der Waals surface area contributed by atoms with Gasteiger partial charge < -0.3 is 9.64 Å². The molecular formula is C26H33ClN2O3S. The van der Waals surface area contributed by atoms with Crippen LogP contribution in [-0.2, 0) is 22.9 Å². The lowest BCUT2D eigenvalue weighted by molar-refractivity contribution is 0.145. The lowest BCUT2D eigenvalue weighted by Gasteiger charge is -2.35. The van der Waals surface area contributed by atoms with E-state index in [1.165, 1.54) is 36.2 Å². The Morgan fingerprint density at radius 2 is 1.97 bits per heavy atom. The molecule has 0 amide bonds. The Morgan fingerprint density at radius 1 is 1.12 bits per heavy atom. The van der Waals surface area contributed by atoms with Crippen LogP contribution < -0.4 is 9.46 Å². The van der Waals surface area contributed by atoms with E-state index in [9.17, 15) is 8.42 Å². The van der Waals surface area contributed by atoms with E-state index in [-0.39, 0.29) is 5.75 Å². The Morgan fingerprint density at radius 3 is 2.70 bits per heavy atom. The number of likely N-dealkylation sites (tertiary alicyclic amines) is 1. The van der Waals surface area contributed by atoms with Gasteiger partial charge in [-0.15, -0.1) is 0 Å². The second-order valence-corrected chi connectivity index (χ2v) is 12.2. The minimum absolute atomic E-state index is 0.245. The number of fused-ring (bicyclic) bond motifs is 1. The van der Waals surface area contributed by atoms with E-state index in [4.69, 9.17) is 16.3 Å². The van der Waals surface area contributed by atoms with Crippen molar-refractivity contribution in [3.63, 3.8) is 0 Å². The maximum absolute atomic E-state index is 12.1. The van der Waals surface area contributed by atoms with E-state index in [2.05, 4.69) is 33.9 Å². The summed E-state index contributed by atoms with van der Waals surface area (Å²) in [5.74, 6) is 2.43. The van der Waals surface area contributed by atoms with Gasteiger partial charge in [-0.05, 0) is 104 Å². The first-order chi connectivity index (χ1) is 15.9. The number of hydrogen-bond donors (Lipinski definition) is 1. The quantitative estimate of drug-likeness (QED) is 0.480. The summed E-state index contributed by atoms with van der Waals surface area (Å²) >= 11 is 6.27. The van der Waals surface area contributed by atoms with Crippen molar-refractivity contribution in [1.29, 1.82) is 0 Å². The first kappa shape index (κ1) is 23.2. The summed E-state index contributed by atoms with van der Waals surface area (Å²) in [4.78, 5) is 2.56. The van der Waals surface area contributed by atoms with Gasteiger partial charge in [0, 0.05) is 18.1 Å². The standard InChI is InChI=1S/C26H33ClN2O3S/c27-23-4-1-3-20(13-23)14-25-22(17-29-10-2-11-29)15-21-7-8-24(16-26(21)25)32-12-9-28-33(30,31)18-19-5-6-19/h1,3-4,7-8,13,16,19,22,25,28H,2,5-6,9-12,14-15,17-18H2. The predicted molar refractivity (Wildman–Crippen MR) is 133 cm³/mol. The second kappa shape index (κ2) is 9.95. The van der Waals surface area contributed by atoms with E-state index < -0.39 is 10.0 Å². The van der Waals surface area contributed by atoms with E-state index >= 15 is 0 Å². The van der Waals surface area contributed by atoms with Gasteiger partial charge in [0.25, 0.3) is 0 Å². The van der Waals surface area contributed by atoms with Crippen LogP contribution in [0.4, 0.5) is 0 Å². The van der Waals surface area contributed by atoms with Crippen LogP contribution in [0.15, 0.2) is 42.5 Å². The molecule has 5 nitrogen and oxygen atoms in total. The molecule has 178 valence electrons. The highest BCUT2D eigenvalue weighted by atomic mass is 35.5. The number of nitrogens with one attached hydrogen (secondary N) is 1. The van der Waals surface area contributed by atoms with Crippen LogP contribution in [0.5, 0.6) is 5.75 Å². The van der Waals surface area contributed by atoms with Crippen LogP contribution in [0.1, 0.15) is 41.9 Å². The van der Waals surface area contributed by atoms with Gasteiger partial charge in [-0.1, -0.05) is 29.8 Å². The van der Waals surface area contributed by atoms with Gasteiger partial charge in [0.05, 0.1) is 5.75 Å². The molecule has 0 spiro atoms. The number of sulfonamides is 1. The molecule has 3 aliphatic rings. The van der Waals surface area contributed by atoms with E-state index in [0.717, 1.165) is 43.0 Å². The van der Waals surface area contributed by atoms with Gasteiger partial charge in [-0.2, -0.15) is 0 Å². The molecule has 0 aromatic heterocycles. The summed E-state index contributed by atoms with van der Waals surface area (Å²) in [6.45, 7) is 4.19. The molecule has 2 fully saturated rings. The lowest BCUT2D eigenvalue weighted by Crippen LogP contribution is -2.41. The molecule has 2 aliphatic carbocycles. The maximum Gasteiger partial charge on any atom is 0.211 e. The molecule has 2 aromatic carbocycles. The summed E-state index contributed by atoms with van der Waals surface area (Å²) in [7, 11) is -3.19. The molecule has 1 aliphatic heterocycles. The average molecular weight is 489 g/mol. The molecule has 33 heavy (non-hydrogen) atoms. The first-order valence-electron chi connectivity index (χ1n) is 12.1. The summed E-state index contributed by atoms with van der Waals surface area (Å²) in [6, 6.07) is 14.6. The third kappa shape index (κ3) is 6.10. The molecular weight excluding hydrogens is 456 g/mol. The van der Waals surface area contributed by atoms with Crippen molar-refractivity contribution in [3.05, 3.63) is 64.2 Å².